The van der Waals surface area contributed by atoms with Gasteiger partial charge in [0.15, 0.2) is 0 Å². The molecular formula is C13H16Cl2N2O3. The Kier molecular flexibility index (Phi) is 6.78. The molecule has 2 amide bonds. The van der Waals surface area contributed by atoms with E-state index in [0.717, 1.165) is 0 Å². The smallest absolute Gasteiger partial charge is 0.246 e. The predicted molar refractivity (Wildman–Crippen MR) is 77.8 cm³/mol. The minimum atomic E-state index is -0.889. The van der Waals surface area contributed by atoms with Crippen LogP contribution in [-0.4, -0.2) is 31.1 Å². The highest BCUT2D eigenvalue weighted by Gasteiger charge is 2.21. The standard InChI is InChI=1S/C13H16Cl2N2O3/c1-2-20-7-12(18)17-11(13(16)19)6-8-9(14)4-3-5-10(8)15/h3-5,11H,2,6-7H2,1H3,(H2,16,19)(H,17,18)/t11-/m0/s1. The maximum atomic E-state index is 11.6. The SMILES string of the molecule is CCOCC(=O)N[C@@H](Cc1c(Cl)cccc1Cl)C(N)=O. The van der Waals surface area contributed by atoms with E-state index in [9.17, 15) is 9.59 Å². The zero-order chi connectivity index (χ0) is 15.1. The fraction of sp³-hybridized carbons (Fsp3) is 0.385. The number of amides is 2. The van der Waals surface area contributed by atoms with Crippen LogP contribution >= 0.6 is 23.2 Å². The second kappa shape index (κ2) is 8.09. The van der Waals surface area contributed by atoms with Gasteiger partial charge in [-0.15, -0.1) is 0 Å². The summed E-state index contributed by atoms with van der Waals surface area (Å²) in [7, 11) is 0. The van der Waals surface area contributed by atoms with E-state index in [4.69, 9.17) is 33.7 Å². The summed E-state index contributed by atoms with van der Waals surface area (Å²) < 4.78 is 4.96. The van der Waals surface area contributed by atoms with Crippen LogP contribution in [0.4, 0.5) is 0 Å². The highest BCUT2D eigenvalue weighted by atomic mass is 35.5. The van der Waals surface area contributed by atoms with Crippen molar-refractivity contribution in [3.05, 3.63) is 33.8 Å². The lowest BCUT2D eigenvalue weighted by molar-refractivity contribution is -0.130. The van der Waals surface area contributed by atoms with Gasteiger partial charge in [0.2, 0.25) is 11.8 Å². The number of hydrogen-bond donors (Lipinski definition) is 2. The fourth-order valence-electron chi connectivity index (χ4n) is 1.58. The number of carbonyl (C=O) groups is 2. The number of primary amides is 1. The molecule has 0 aliphatic carbocycles. The van der Waals surface area contributed by atoms with Crippen molar-refractivity contribution in [3.63, 3.8) is 0 Å². The van der Waals surface area contributed by atoms with Crippen LogP contribution < -0.4 is 11.1 Å². The highest BCUT2D eigenvalue weighted by molar-refractivity contribution is 6.36. The van der Waals surface area contributed by atoms with E-state index in [0.29, 0.717) is 22.2 Å². The summed E-state index contributed by atoms with van der Waals surface area (Å²) in [6.07, 6.45) is 0.131. The Morgan fingerprint density at radius 2 is 1.95 bits per heavy atom. The van der Waals surface area contributed by atoms with Crippen LogP contribution in [-0.2, 0) is 20.7 Å². The van der Waals surface area contributed by atoms with Crippen molar-refractivity contribution in [2.45, 2.75) is 19.4 Å². The fourth-order valence-corrected chi connectivity index (χ4v) is 2.14. The van der Waals surface area contributed by atoms with Gasteiger partial charge in [-0.1, -0.05) is 29.3 Å². The van der Waals surface area contributed by atoms with Gasteiger partial charge in [-0.25, -0.2) is 0 Å². The summed E-state index contributed by atoms with van der Waals surface area (Å²) >= 11 is 12.0. The molecule has 0 bridgehead atoms. The van der Waals surface area contributed by atoms with Gasteiger partial charge in [0.05, 0.1) is 0 Å². The minimum absolute atomic E-state index is 0.128. The number of hydrogen-bond acceptors (Lipinski definition) is 3. The Hall–Kier alpha value is -1.30. The van der Waals surface area contributed by atoms with Gasteiger partial charge in [0.25, 0.3) is 0 Å². The number of carbonyl (C=O) groups excluding carboxylic acids is 2. The molecule has 5 nitrogen and oxygen atoms in total. The van der Waals surface area contributed by atoms with Gasteiger partial charge in [0, 0.05) is 23.1 Å². The topological polar surface area (TPSA) is 81.4 Å². The maximum Gasteiger partial charge on any atom is 0.246 e. The molecule has 1 aromatic rings. The Labute approximate surface area is 127 Å². The number of rotatable bonds is 7. The van der Waals surface area contributed by atoms with E-state index < -0.39 is 17.9 Å². The minimum Gasteiger partial charge on any atom is -0.372 e. The maximum absolute atomic E-state index is 11.6. The number of ether oxygens (including phenoxy) is 1. The van der Waals surface area contributed by atoms with Crippen LogP contribution in [0.25, 0.3) is 0 Å². The van der Waals surface area contributed by atoms with E-state index in [1.54, 1.807) is 25.1 Å². The van der Waals surface area contributed by atoms with Crippen molar-refractivity contribution < 1.29 is 14.3 Å². The Bertz CT molecular complexity index is 474. The van der Waals surface area contributed by atoms with Crippen LogP contribution in [0.2, 0.25) is 10.0 Å². The third kappa shape index (κ3) is 5.00. The zero-order valence-electron chi connectivity index (χ0n) is 11.0. The van der Waals surface area contributed by atoms with Gasteiger partial charge in [-0.3, -0.25) is 9.59 Å². The van der Waals surface area contributed by atoms with Gasteiger partial charge in [-0.05, 0) is 24.6 Å². The molecule has 3 N–H and O–H groups in total. The molecule has 0 saturated heterocycles. The lowest BCUT2D eigenvalue weighted by Gasteiger charge is -2.17. The molecule has 1 rings (SSSR count). The second-order valence-corrected chi connectivity index (χ2v) is 4.88. The first-order valence-electron chi connectivity index (χ1n) is 6.05. The summed E-state index contributed by atoms with van der Waals surface area (Å²) in [5.41, 5.74) is 5.85. The van der Waals surface area contributed by atoms with E-state index in [1.165, 1.54) is 0 Å². The number of halogens is 2. The Morgan fingerprint density at radius 3 is 2.45 bits per heavy atom. The molecule has 0 spiro atoms. The summed E-state index contributed by atoms with van der Waals surface area (Å²) in [5.74, 6) is -1.08. The summed E-state index contributed by atoms with van der Waals surface area (Å²) in [6, 6.07) is 4.12. The molecule has 0 heterocycles. The lowest BCUT2D eigenvalue weighted by atomic mass is 10.1. The molecule has 20 heavy (non-hydrogen) atoms. The molecule has 1 atom stereocenters. The first-order valence-corrected chi connectivity index (χ1v) is 6.80. The largest absolute Gasteiger partial charge is 0.372 e. The number of benzene rings is 1. The molecule has 0 radical (unpaired) electrons. The molecule has 0 aromatic heterocycles. The molecule has 0 unspecified atom stereocenters. The first-order chi connectivity index (χ1) is 9.45. The molecule has 0 aliphatic heterocycles. The van der Waals surface area contributed by atoms with E-state index in [1.807, 2.05) is 0 Å². The summed E-state index contributed by atoms with van der Waals surface area (Å²) in [4.78, 5) is 23.0. The van der Waals surface area contributed by atoms with Crippen LogP contribution in [0.5, 0.6) is 0 Å². The van der Waals surface area contributed by atoms with Crippen molar-refractivity contribution in [2.75, 3.05) is 13.2 Å². The van der Waals surface area contributed by atoms with Crippen molar-refractivity contribution in [3.8, 4) is 0 Å². The molecule has 1 aromatic carbocycles. The average molecular weight is 319 g/mol. The second-order valence-electron chi connectivity index (χ2n) is 4.06. The molecular weight excluding hydrogens is 303 g/mol. The summed E-state index contributed by atoms with van der Waals surface area (Å²) in [5, 5.41) is 3.34. The monoisotopic (exact) mass is 318 g/mol. The van der Waals surface area contributed by atoms with E-state index in [-0.39, 0.29) is 13.0 Å². The number of nitrogens with two attached hydrogens (primary N) is 1. The van der Waals surface area contributed by atoms with Crippen molar-refractivity contribution in [2.24, 2.45) is 5.73 Å². The van der Waals surface area contributed by atoms with Crippen LogP contribution in [0.1, 0.15) is 12.5 Å². The number of nitrogens with one attached hydrogen (secondary N) is 1. The van der Waals surface area contributed by atoms with Crippen molar-refractivity contribution in [1.82, 2.24) is 5.32 Å². The predicted octanol–water partition coefficient (Wildman–Crippen LogP) is 1.54. The van der Waals surface area contributed by atoms with E-state index >= 15 is 0 Å². The third-order valence-electron chi connectivity index (χ3n) is 2.59. The van der Waals surface area contributed by atoms with Crippen molar-refractivity contribution >= 4 is 35.0 Å². The van der Waals surface area contributed by atoms with Crippen LogP contribution in [0.15, 0.2) is 18.2 Å². The molecule has 0 saturated carbocycles. The van der Waals surface area contributed by atoms with Gasteiger partial charge in [-0.2, -0.15) is 0 Å². The highest BCUT2D eigenvalue weighted by Crippen LogP contribution is 2.25. The molecule has 0 fully saturated rings. The molecule has 0 aliphatic rings. The Balaban J connectivity index is 2.78. The van der Waals surface area contributed by atoms with Crippen LogP contribution in [0, 0.1) is 0 Å². The molecule has 110 valence electrons. The zero-order valence-corrected chi connectivity index (χ0v) is 12.5. The molecule has 7 heteroatoms. The van der Waals surface area contributed by atoms with Gasteiger partial charge < -0.3 is 15.8 Å². The normalized spacial score (nSPS) is 11.9. The van der Waals surface area contributed by atoms with Gasteiger partial charge in [0.1, 0.15) is 12.6 Å². The Morgan fingerprint density at radius 1 is 1.35 bits per heavy atom. The van der Waals surface area contributed by atoms with Gasteiger partial charge >= 0.3 is 0 Å². The van der Waals surface area contributed by atoms with Crippen molar-refractivity contribution in [1.29, 1.82) is 0 Å². The third-order valence-corrected chi connectivity index (χ3v) is 3.29. The lowest BCUT2D eigenvalue weighted by Crippen LogP contribution is -2.47. The average Bonchev–Trinajstić information content (AvgIpc) is 2.39. The summed E-state index contributed by atoms with van der Waals surface area (Å²) in [6.45, 7) is 2.05. The van der Waals surface area contributed by atoms with E-state index in [2.05, 4.69) is 5.32 Å². The quantitative estimate of drug-likeness (QED) is 0.800. The van der Waals surface area contributed by atoms with Crippen LogP contribution in [0.3, 0.4) is 0 Å². The first kappa shape index (κ1) is 16.8.